The van der Waals surface area contributed by atoms with Gasteiger partial charge in [0.1, 0.15) is 0 Å². The Morgan fingerprint density at radius 2 is 1.64 bits per heavy atom. The summed E-state index contributed by atoms with van der Waals surface area (Å²) >= 11 is 0. The molecule has 5 nitrogen and oxygen atoms in total. The second-order valence-corrected chi connectivity index (χ2v) is 7.17. The van der Waals surface area contributed by atoms with Gasteiger partial charge in [0.05, 0.1) is 6.54 Å². The van der Waals surface area contributed by atoms with Crippen LogP contribution in [0.2, 0.25) is 0 Å². The Balaban J connectivity index is 1.35. The number of nitrogens with one attached hydrogen (secondary N) is 1. The fourth-order valence-corrected chi connectivity index (χ4v) is 3.82. The van der Waals surface area contributed by atoms with Crippen LogP contribution in [0, 0.1) is 0 Å². The smallest absolute Gasteiger partial charge is 0.234 e. The summed E-state index contributed by atoms with van der Waals surface area (Å²) in [6.07, 6.45) is 6.22. The zero-order chi connectivity index (χ0) is 15.4. The number of likely N-dealkylation sites (N-methyl/N-ethyl adjacent to an activating group) is 1. The summed E-state index contributed by atoms with van der Waals surface area (Å²) < 4.78 is 0. The van der Waals surface area contributed by atoms with Gasteiger partial charge in [-0.1, -0.05) is 6.92 Å². The number of amides is 1. The van der Waals surface area contributed by atoms with Gasteiger partial charge in [0.25, 0.3) is 0 Å². The lowest BCUT2D eigenvalue weighted by Crippen LogP contribution is -2.48. The summed E-state index contributed by atoms with van der Waals surface area (Å²) in [5.41, 5.74) is 0. The van der Waals surface area contributed by atoms with Gasteiger partial charge < -0.3 is 15.1 Å². The minimum absolute atomic E-state index is 0.231. The molecule has 0 spiro atoms. The Bertz CT molecular complexity index is 364. The second-order valence-electron chi connectivity index (χ2n) is 7.17. The normalized spacial score (nSPS) is 26.8. The summed E-state index contributed by atoms with van der Waals surface area (Å²) in [5.74, 6) is 0.231. The molecule has 1 amide bonds. The summed E-state index contributed by atoms with van der Waals surface area (Å²) in [6.45, 7) is 10.6. The van der Waals surface area contributed by atoms with Crippen LogP contribution in [0.15, 0.2) is 0 Å². The van der Waals surface area contributed by atoms with E-state index in [1.165, 1.54) is 38.9 Å². The maximum atomic E-state index is 12.3. The van der Waals surface area contributed by atoms with Crippen molar-refractivity contribution in [3.05, 3.63) is 0 Å². The molecule has 0 atom stereocenters. The third-order valence-electron chi connectivity index (χ3n) is 5.45. The van der Waals surface area contributed by atoms with Gasteiger partial charge in [-0.15, -0.1) is 0 Å². The van der Waals surface area contributed by atoms with Crippen LogP contribution in [0.3, 0.4) is 0 Å². The molecule has 0 aromatic carbocycles. The van der Waals surface area contributed by atoms with Gasteiger partial charge >= 0.3 is 0 Å². The second kappa shape index (κ2) is 7.75. The van der Waals surface area contributed by atoms with Crippen molar-refractivity contribution in [3.8, 4) is 0 Å². The van der Waals surface area contributed by atoms with Crippen molar-refractivity contribution in [1.29, 1.82) is 0 Å². The van der Waals surface area contributed by atoms with Crippen LogP contribution in [-0.4, -0.2) is 85.0 Å². The third-order valence-corrected chi connectivity index (χ3v) is 5.45. The van der Waals surface area contributed by atoms with Gasteiger partial charge in [-0.05, 0) is 51.7 Å². The van der Waals surface area contributed by atoms with Crippen LogP contribution in [0.25, 0.3) is 0 Å². The van der Waals surface area contributed by atoms with Crippen LogP contribution >= 0.6 is 0 Å². The number of hydrogen-bond donors (Lipinski definition) is 1. The molecule has 0 bridgehead atoms. The van der Waals surface area contributed by atoms with E-state index in [1.54, 1.807) is 0 Å². The Morgan fingerprint density at radius 3 is 2.32 bits per heavy atom. The highest BCUT2D eigenvalue weighted by molar-refractivity contribution is 5.78. The maximum Gasteiger partial charge on any atom is 0.234 e. The van der Waals surface area contributed by atoms with Gasteiger partial charge in [0.15, 0.2) is 0 Å². The summed E-state index contributed by atoms with van der Waals surface area (Å²) in [4.78, 5) is 19.7. The molecule has 0 radical (unpaired) electrons. The van der Waals surface area contributed by atoms with E-state index in [1.807, 2.05) is 0 Å². The van der Waals surface area contributed by atoms with E-state index in [0.717, 1.165) is 45.1 Å². The van der Waals surface area contributed by atoms with Gasteiger partial charge in [0.2, 0.25) is 5.91 Å². The third kappa shape index (κ3) is 4.67. The quantitative estimate of drug-likeness (QED) is 0.814. The molecule has 0 unspecified atom stereocenters. The average Bonchev–Trinajstić information content (AvgIpc) is 3.35. The van der Waals surface area contributed by atoms with Crippen molar-refractivity contribution in [2.24, 2.45) is 0 Å². The lowest BCUT2D eigenvalue weighted by atomic mass is 10.0. The molecule has 0 aromatic rings. The van der Waals surface area contributed by atoms with E-state index in [-0.39, 0.29) is 5.91 Å². The predicted molar refractivity (Wildman–Crippen MR) is 88.9 cm³/mol. The SMILES string of the molecule is CCN1CCCN(CC(=O)NC2CCN(C3CC3)CC2)CC1. The Kier molecular flexibility index (Phi) is 5.71. The molecule has 1 saturated carbocycles. The van der Waals surface area contributed by atoms with Crippen molar-refractivity contribution in [3.63, 3.8) is 0 Å². The van der Waals surface area contributed by atoms with Crippen LogP contribution in [0.4, 0.5) is 0 Å². The summed E-state index contributed by atoms with van der Waals surface area (Å²) in [6, 6.07) is 1.27. The first-order valence-electron chi connectivity index (χ1n) is 9.22. The number of piperidine rings is 1. The molecule has 22 heavy (non-hydrogen) atoms. The highest BCUT2D eigenvalue weighted by Crippen LogP contribution is 2.29. The van der Waals surface area contributed by atoms with Gasteiger partial charge in [0, 0.05) is 38.3 Å². The van der Waals surface area contributed by atoms with Crippen LogP contribution in [-0.2, 0) is 4.79 Å². The molecule has 3 rings (SSSR count). The van der Waals surface area contributed by atoms with Crippen molar-refractivity contribution >= 4 is 5.91 Å². The summed E-state index contributed by atoms with van der Waals surface area (Å²) in [7, 11) is 0. The molecule has 2 aliphatic heterocycles. The molecule has 1 aliphatic carbocycles. The number of carbonyl (C=O) groups excluding carboxylic acids is 1. The van der Waals surface area contributed by atoms with Crippen molar-refractivity contribution < 1.29 is 4.79 Å². The molecular formula is C17H32N4O. The predicted octanol–water partition coefficient (Wildman–Crippen LogP) is 0.757. The first kappa shape index (κ1) is 16.2. The molecule has 1 N–H and O–H groups in total. The standard InChI is InChI=1S/C17H32N4O/c1-2-19-8-3-9-20(13-12-19)14-17(22)18-15-6-10-21(11-7-15)16-4-5-16/h15-16H,2-14H2,1H3,(H,18,22). The molecule has 3 aliphatic rings. The topological polar surface area (TPSA) is 38.8 Å². The largest absolute Gasteiger partial charge is 0.352 e. The van der Waals surface area contributed by atoms with Crippen molar-refractivity contribution in [1.82, 2.24) is 20.0 Å². The number of rotatable bonds is 5. The van der Waals surface area contributed by atoms with E-state index in [4.69, 9.17) is 0 Å². The lowest BCUT2D eigenvalue weighted by molar-refractivity contribution is -0.123. The minimum atomic E-state index is 0.231. The number of carbonyl (C=O) groups is 1. The maximum absolute atomic E-state index is 12.3. The van der Waals surface area contributed by atoms with Crippen molar-refractivity contribution in [2.75, 3.05) is 52.4 Å². The first-order valence-corrected chi connectivity index (χ1v) is 9.22. The molecule has 0 aromatic heterocycles. The van der Waals surface area contributed by atoms with E-state index in [0.29, 0.717) is 12.6 Å². The highest BCUT2D eigenvalue weighted by Gasteiger charge is 2.32. The molecule has 2 heterocycles. The molecule has 2 saturated heterocycles. The lowest BCUT2D eigenvalue weighted by Gasteiger charge is -2.32. The van der Waals surface area contributed by atoms with E-state index in [2.05, 4.69) is 26.9 Å². The summed E-state index contributed by atoms with van der Waals surface area (Å²) in [5, 5.41) is 3.27. The van der Waals surface area contributed by atoms with Crippen LogP contribution in [0.1, 0.15) is 39.0 Å². The van der Waals surface area contributed by atoms with Gasteiger partial charge in [-0.25, -0.2) is 0 Å². The van der Waals surface area contributed by atoms with E-state index in [9.17, 15) is 4.79 Å². The Morgan fingerprint density at radius 1 is 0.955 bits per heavy atom. The first-order chi connectivity index (χ1) is 10.7. The average molecular weight is 308 g/mol. The number of likely N-dealkylation sites (tertiary alicyclic amines) is 1. The fourth-order valence-electron chi connectivity index (χ4n) is 3.82. The zero-order valence-electron chi connectivity index (χ0n) is 14.1. The molecule has 3 fully saturated rings. The zero-order valence-corrected chi connectivity index (χ0v) is 14.1. The van der Waals surface area contributed by atoms with Crippen LogP contribution in [0.5, 0.6) is 0 Å². The van der Waals surface area contributed by atoms with Gasteiger partial charge in [-0.3, -0.25) is 9.69 Å². The van der Waals surface area contributed by atoms with Gasteiger partial charge in [-0.2, -0.15) is 0 Å². The molecule has 5 heteroatoms. The number of nitrogens with zero attached hydrogens (tertiary/aromatic N) is 3. The van der Waals surface area contributed by atoms with E-state index >= 15 is 0 Å². The Labute approximate surface area is 135 Å². The van der Waals surface area contributed by atoms with Crippen LogP contribution < -0.4 is 5.32 Å². The fraction of sp³-hybridized carbons (Fsp3) is 0.941. The molecular weight excluding hydrogens is 276 g/mol. The Hall–Kier alpha value is -0.650. The number of hydrogen-bond acceptors (Lipinski definition) is 4. The minimum Gasteiger partial charge on any atom is -0.352 e. The van der Waals surface area contributed by atoms with E-state index < -0.39 is 0 Å². The monoisotopic (exact) mass is 308 g/mol. The van der Waals surface area contributed by atoms with Crippen molar-refractivity contribution in [2.45, 2.75) is 51.1 Å². The molecule has 126 valence electrons. The highest BCUT2D eigenvalue weighted by atomic mass is 16.2.